The molecule has 2 aromatic carbocycles. The summed E-state index contributed by atoms with van der Waals surface area (Å²) >= 11 is 1.25. The van der Waals surface area contributed by atoms with E-state index in [1.807, 2.05) is 13.8 Å². The highest BCUT2D eigenvalue weighted by atomic mass is 32.2. The molecule has 9 heteroatoms. The molecule has 0 saturated carbocycles. The van der Waals surface area contributed by atoms with Crippen LogP contribution >= 0.6 is 11.8 Å². The Morgan fingerprint density at radius 1 is 1.10 bits per heavy atom. The van der Waals surface area contributed by atoms with Crippen LogP contribution < -0.4 is 9.47 Å². The molecule has 2 aromatic rings. The van der Waals surface area contributed by atoms with Crippen molar-refractivity contribution in [2.45, 2.75) is 25.8 Å². The molecule has 0 aromatic heterocycles. The van der Waals surface area contributed by atoms with Crippen molar-refractivity contribution < 1.29 is 27.4 Å². The maximum Gasteiger partial charge on any atom is 0.416 e. The van der Waals surface area contributed by atoms with E-state index in [1.54, 1.807) is 29.2 Å². The summed E-state index contributed by atoms with van der Waals surface area (Å²) in [4.78, 5) is 19.0. The molecule has 0 spiro atoms. The SMILES string of the molecule is CCOc1ccc(C(=O)N2CCN=C2SCc2cccc(C(F)(F)F)c2)cc1OCC. The minimum atomic E-state index is -4.39. The van der Waals surface area contributed by atoms with Gasteiger partial charge >= 0.3 is 6.18 Å². The number of alkyl halides is 3. The van der Waals surface area contributed by atoms with Crippen molar-refractivity contribution in [1.82, 2.24) is 4.90 Å². The molecule has 1 aliphatic heterocycles. The molecule has 0 N–H and O–H groups in total. The Kier molecular flexibility index (Phi) is 7.48. The van der Waals surface area contributed by atoms with Crippen LogP contribution in [0.5, 0.6) is 11.5 Å². The first-order chi connectivity index (χ1) is 14.8. The highest BCUT2D eigenvalue weighted by molar-refractivity contribution is 8.13. The summed E-state index contributed by atoms with van der Waals surface area (Å²) in [5.74, 6) is 1.09. The second kappa shape index (κ2) is 10.1. The largest absolute Gasteiger partial charge is 0.490 e. The zero-order valence-electron chi connectivity index (χ0n) is 17.2. The van der Waals surface area contributed by atoms with Crippen molar-refractivity contribution in [1.29, 1.82) is 0 Å². The van der Waals surface area contributed by atoms with E-state index in [0.717, 1.165) is 12.1 Å². The summed E-state index contributed by atoms with van der Waals surface area (Å²) in [6.45, 7) is 5.49. The van der Waals surface area contributed by atoms with Crippen LogP contribution in [0.3, 0.4) is 0 Å². The Morgan fingerprint density at radius 3 is 2.55 bits per heavy atom. The fourth-order valence-corrected chi connectivity index (χ4v) is 4.05. The molecule has 1 aliphatic rings. The number of halogens is 3. The molecule has 31 heavy (non-hydrogen) atoms. The second-order valence-electron chi connectivity index (χ2n) is 6.64. The smallest absolute Gasteiger partial charge is 0.416 e. The first-order valence-corrected chi connectivity index (χ1v) is 10.9. The summed E-state index contributed by atoms with van der Waals surface area (Å²) in [6, 6.07) is 10.2. The van der Waals surface area contributed by atoms with Crippen LogP contribution in [-0.2, 0) is 11.9 Å². The number of amides is 1. The van der Waals surface area contributed by atoms with Crippen molar-refractivity contribution in [2.24, 2.45) is 4.99 Å². The van der Waals surface area contributed by atoms with E-state index in [0.29, 0.717) is 54.1 Å². The number of aliphatic imine (C=N–C) groups is 1. The van der Waals surface area contributed by atoms with Crippen LogP contribution in [0.2, 0.25) is 0 Å². The number of amidine groups is 1. The second-order valence-corrected chi connectivity index (χ2v) is 7.58. The average molecular weight is 452 g/mol. The summed E-state index contributed by atoms with van der Waals surface area (Å²) in [5.41, 5.74) is 0.257. The fraction of sp³-hybridized carbons (Fsp3) is 0.364. The van der Waals surface area contributed by atoms with Gasteiger partial charge in [0.15, 0.2) is 16.7 Å². The Morgan fingerprint density at radius 2 is 1.84 bits per heavy atom. The standard InChI is InChI=1S/C22H23F3N2O3S/c1-3-29-18-9-8-16(13-19(18)30-4-2)20(28)27-11-10-26-21(27)31-14-15-6-5-7-17(12-15)22(23,24)25/h5-9,12-13H,3-4,10-11,14H2,1-2H3. The highest BCUT2D eigenvalue weighted by Crippen LogP contribution is 2.32. The molecule has 166 valence electrons. The molecule has 1 amide bonds. The third kappa shape index (κ3) is 5.72. The van der Waals surface area contributed by atoms with E-state index in [1.165, 1.54) is 17.8 Å². The number of thioether (sulfide) groups is 1. The number of hydrogen-bond donors (Lipinski definition) is 0. The number of carbonyl (C=O) groups is 1. The van der Waals surface area contributed by atoms with E-state index < -0.39 is 11.7 Å². The molecular weight excluding hydrogens is 429 g/mol. The van der Waals surface area contributed by atoms with Gasteiger partial charge in [0, 0.05) is 17.9 Å². The Balaban J connectivity index is 1.72. The number of nitrogens with zero attached hydrogens (tertiary/aromatic N) is 2. The first kappa shape index (κ1) is 23.0. The van der Waals surface area contributed by atoms with Crippen LogP contribution in [0.25, 0.3) is 0 Å². The lowest BCUT2D eigenvalue weighted by atomic mass is 10.1. The number of rotatable bonds is 7. The molecule has 0 saturated heterocycles. The molecule has 0 aliphatic carbocycles. The van der Waals surface area contributed by atoms with Gasteiger partial charge in [-0.25, -0.2) is 0 Å². The first-order valence-electron chi connectivity index (χ1n) is 9.88. The maximum atomic E-state index is 13.1. The van der Waals surface area contributed by atoms with Crippen molar-refractivity contribution >= 4 is 22.8 Å². The van der Waals surface area contributed by atoms with Crippen LogP contribution in [0.15, 0.2) is 47.5 Å². The molecule has 0 bridgehead atoms. The number of benzene rings is 2. The lowest BCUT2D eigenvalue weighted by Crippen LogP contribution is -2.32. The molecule has 0 atom stereocenters. The maximum absolute atomic E-state index is 13.1. The van der Waals surface area contributed by atoms with E-state index in [9.17, 15) is 18.0 Å². The van der Waals surface area contributed by atoms with Gasteiger partial charge in [0.1, 0.15) is 0 Å². The van der Waals surface area contributed by atoms with Gasteiger partial charge in [-0.05, 0) is 43.7 Å². The van der Waals surface area contributed by atoms with Crippen LogP contribution in [0.1, 0.15) is 35.3 Å². The molecule has 1 heterocycles. The normalized spacial score (nSPS) is 13.8. The summed E-state index contributed by atoms with van der Waals surface area (Å²) in [7, 11) is 0. The third-order valence-electron chi connectivity index (χ3n) is 4.46. The summed E-state index contributed by atoms with van der Waals surface area (Å²) < 4.78 is 49.9. The summed E-state index contributed by atoms with van der Waals surface area (Å²) in [5, 5.41) is 0.495. The topological polar surface area (TPSA) is 51.1 Å². The molecule has 0 fully saturated rings. The zero-order valence-corrected chi connectivity index (χ0v) is 18.1. The predicted octanol–water partition coefficient (Wildman–Crippen LogP) is 5.25. The lowest BCUT2D eigenvalue weighted by molar-refractivity contribution is -0.137. The van der Waals surface area contributed by atoms with Gasteiger partial charge in [-0.3, -0.25) is 14.7 Å². The van der Waals surface area contributed by atoms with Crippen molar-refractivity contribution in [3.63, 3.8) is 0 Å². The Hall–Kier alpha value is -2.68. The van der Waals surface area contributed by atoms with E-state index in [-0.39, 0.29) is 11.7 Å². The minimum Gasteiger partial charge on any atom is -0.490 e. The Bertz CT molecular complexity index is 963. The Labute approximate surface area is 183 Å². The van der Waals surface area contributed by atoms with E-state index >= 15 is 0 Å². The average Bonchev–Trinajstić information content (AvgIpc) is 3.21. The van der Waals surface area contributed by atoms with Crippen LogP contribution in [-0.4, -0.2) is 42.3 Å². The molecule has 0 unspecified atom stereocenters. The van der Waals surface area contributed by atoms with Gasteiger partial charge in [-0.2, -0.15) is 13.2 Å². The van der Waals surface area contributed by atoms with Gasteiger partial charge < -0.3 is 9.47 Å². The highest BCUT2D eigenvalue weighted by Gasteiger charge is 2.31. The van der Waals surface area contributed by atoms with Crippen LogP contribution in [0.4, 0.5) is 13.2 Å². The molecular formula is C22H23F3N2O3S. The number of ether oxygens (including phenoxy) is 2. The monoisotopic (exact) mass is 452 g/mol. The number of carbonyl (C=O) groups excluding carboxylic acids is 1. The molecule has 3 rings (SSSR count). The van der Waals surface area contributed by atoms with Gasteiger partial charge in [-0.1, -0.05) is 30.0 Å². The third-order valence-corrected chi connectivity index (χ3v) is 5.54. The van der Waals surface area contributed by atoms with Crippen LogP contribution in [0, 0.1) is 0 Å². The van der Waals surface area contributed by atoms with Gasteiger partial charge in [0.05, 0.1) is 25.3 Å². The van der Waals surface area contributed by atoms with Crippen molar-refractivity contribution in [3.05, 3.63) is 59.2 Å². The zero-order chi connectivity index (χ0) is 22.4. The fourth-order valence-electron chi connectivity index (χ4n) is 3.06. The van der Waals surface area contributed by atoms with E-state index in [4.69, 9.17) is 9.47 Å². The van der Waals surface area contributed by atoms with E-state index in [2.05, 4.69) is 4.99 Å². The minimum absolute atomic E-state index is 0.239. The van der Waals surface area contributed by atoms with Gasteiger partial charge in [0.2, 0.25) is 0 Å². The molecule has 0 radical (unpaired) electrons. The lowest BCUT2D eigenvalue weighted by Gasteiger charge is -2.19. The van der Waals surface area contributed by atoms with Crippen molar-refractivity contribution in [3.8, 4) is 11.5 Å². The predicted molar refractivity (Wildman–Crippen MR) is 115 cm³/mol. The van der Waals surface area contributed by atoms with Crippen molar-refractivity contribution in [2.75, 3.05) is 26.3 Å². The van der Waals surface area contributed by atoms with Gasteiger partial charge in [-0.15, -0.1) is 0 Å². The van der Waals surface area contributed by atoms with Gasteiger partial charge in [0.25, 0.3) is 5.91 Å². The summed E-state index contributed by atoms with van der Waals surface area (Å²) in [6.07, 6.45) is -4.39. The quantitative estimate of drug-likeness (QED) is 0.576. The molecule has 5 nitrogen and oxygen atoms in total. The number of hydrogen-bond acceptors (Lipinski definition) is 5.